The van der Waals surface area contributed by atoms with Crippen molar-refractivity contribution in [2.45, 2.75) is 6.04 Å². The number of nitrogens with zero attached hydrogens (tertiary/aromatic N) is 2. The summed E-state index contributed by atoms with van der Waals surface area (Å²) in [7, 11) is 1.52. The van der Waals surface area contributed by atoms with E-state index in [2.05, 4.69) is 4.98 Å². The van der Waals surface area contributed by atoms with Gasteiger partial charge in [-0.2, -0.15) is 0 Å². The molecule has 1 heterocycles. The summed E-state index contributed by atoms with van der Waals surface area (Å²) in [5, 5.41) is 0. The predicted octanol–water partition coefficient (Wildman–Crippen LogP) is 2.95. The summed E-state index contributed by atoms with van der Waals surface area (Å²) >= 11 is 0. The maximum atomic E-state index is 14.3. The molecule has 3 aromatic rings. The van der Waals surface area contributed by atoms with Crippen molar-refractivity contribution in [1.82, 2.24) is 9.55 Å². The van der Waals surface area contributed by atoms with E-state index in [0.29, 0.717) is 17.0 Å². The fraction of sp³-hybridized carbons (Fsp3) is 0.188. The first-order valence-corrected chi connectivity index (χ1v) is 6.79. The normalized spacial score (nSPS) is 12.7. The van der Waals surface area contributed by atoms with Crippen LogP contribution in [0.1, 0.15) is 11.9 Å². The van der Waals surface area contributed by atoms with E-state index in [1.165, 1.54) is 17.7 Å². The van der Waals surface area contributed by atoms with E-state index in [0.717, 1.165) is 6.07 Å². The molecule has 0 aliphatic heterocycles. The van der Waals surface area contributed by atoms with Crippen molar-refractivity contribution < 1.29 is 13.5 Å². The van der Waals surface area contributed by atoms with Crippen molar-refractivity contribution in [2.75, 3.05) is 13.7 Å². The number of hydrogen-bond acceptors (Lipinski definition) is 3. The first-order valence-electron chi connectivity index (χ1n) is 6.79. The van der Waals surface area contributed by atoms with Gasteiger partial charge in [-0.15, -0.1) is 0 Å². The zero-order chi connectivity index (χ0) is 15.7. The Bertz CT molecular complexity index is 802. The number of aromatic nitrogens is 2. The molecule has 0 saturated heterocycles. The summed E-state index contributed by atoms with van der Waals surface area (Å²) in [5.41, 5.74) is 7.16. The van der Waals surface area contributed by atoms with E-state index in [1.807, 2.05) is 18.2 Å². The molecule has 4 nitrogen and oxygen atoms in total. The molecule has 0 amide bonds. The molecule has 0 radical (unpaired) electrons. The van der Waals surface area contributed by atoms with Gasteiger partial charge in [0, 0.05) is 12.8 Å². The van der Waals surface area contributed by atoms with Crippen molar-refractivity contribution in [3.8, 4) is 5.69 Å². The molecule has 2 aromatic carbocycles. The molecule has 0 aliphatic rings. The summed E-state index contributed by atoms with van der Waals surface area (Å²) in [5.74, 6) is -1.44. The number of ether oxygens (including phenoxy) is 1. The molecule has 0 saturated carbocycles. The summed E-state index contributed by atoms with van der Waals surface area (Å²) < 4.78 is 34.5. The van der Waals surface area contributed by atoms with E-state index in [1.54, 1.807) is 12.1 Å². The molecule has 0 bridgehead atoms. The minimum atomic E-state index is -0.940. The fourth-order valence-corrected chi connectivity index (χ4v) is 2.46. The van der Waals surface area contributed by atoms with Crippen molar-refractivity contribution in [1.29, 1.82) is 0 Å². The van der Waals surface area contributed by atoms with E-state index in [4.69, 9.17) is 10.5 Å². The first-order chi connectivity index (χ1) is 10.6. The molecule has 1 aromatic heterocycles. The third-order valence-electron chi connectivity index (χ3n) is 3.43. The van der Waals surface area contributed by atoms with Gasteiger partial charge in [0.25, 0.3) is 0 Å². The van der Waals surface area contributed by atoms with Crippen LogP contribution in [0.2, 0.25) is 0 Å². The zero-order valence-electron chi connectivity index (χ0n) is 12.0. The van der Waals surface area contributed by atoms with Crippen molar-refractivity contribution in [3.05, 3.63) is 59.9 Å². The maximum absolute atomic E-state index is 14.3. The number of hydrogen-bond donors (Lipinski definition) is 1. The van der Waals surface area contributed by atoms with E-state index >= 15 is 0 Å². The molecule has 0 spiro atoms. The molecule has 2 N–H and O–H groups in total. The van der Waals surface area contributed by atoms with E-state index in [9.17, 15) is 8.78 Å². The van der Waals surface area contributed by atoms with Crippen molar-refractivity contribution in [2.24, 2.45) is 5.73 Å². The van der Waals surface area contributed by atoms with Crippen LogP contribution >= 0.6 is 0 Å². The minimum Gasteiger partial charge on any atom is -0.383 e. The van der Waals surface area contributed by atoms with Gasteiger partial charge in [-0.1, -0.05) is 18.2 Å². The SMILES string of the molecule is COC[C@H](N)c1nc2ccc(F)c(F)c2n1-c1ccccc1. The van der Waals surface area contributed by atoms with Crippen LogP contribution in [-0.2, 0) is 4.74 Å². The summed E-state index contributed by atoms with van der Waals surface area (Å²) in [6, 6.07) is 11.0. The average Bonchev–Trinajstić information content (AvgIpc) is 2.92. The van der Waals surface area contributed by atoms with Gasteiger partial charge in [0.15, 0.2) is 11.6 Å². The van der Waals surface area contributed by atoms with Crippen LogP contribution in [0.4, 0.5) is 8.78 Å². The maximum Gasteiger partial charge on any atom is 0.185 e. The van der Waals surface area contributed by atoms with Crippen LogP contribution in [0.5, 0.6) is 0 Å². The smallest absolute Gasteiger partial charge is 0.185 e. The lowest BCUT2D eigenvalue weighted by molar-refractivity contribution is 0.178. The highest BCUT2D eigenvalue weighted by atomic mass is 19.2. The number of benzene rings is 2. The van der Waals surface area contributed by atoms with Crippen LogP contribution in [0, 0.1) is 11.6 Å². The standard InChI is InChI=1S/C16H15F2N3O/c1-22-9-12(19)16-20-13-8-7-11(17)14(18)15(13)21(16)10-5-3-2-4-6-10/h2-8,12H,9,19H2,1H3/t12-/m0/s1. The quantitative estimate of drug-likeness (QED) is 0.806. The number of nitrogens with two attached hydrogens (primary N) is 1. The Balaban J connectivity index is 2.33. The molecule has 0 fully saturated rings. The molecule has 6 heteroatoms. The van der Waals surface area contributed by atoms with E-state index < -0.39 is 17.7 Å². The Hall–Kier alpha value is -2.31. The van der Waals surface area contributed by atoms with Crippen LogP contribution in [0.3, 0.4) is 0 Å². The first kappa shape index (κ1) is 14.6. The van der Waals surface area contributed by atoms with Crippen LogP contribution in [0.25, 0.3) is 16.7 Å². The second-order valence-corrected chi connectivity index (χ2v) is 4.93. The number of methoxy groups -OCH3 is 1. The number of fused-ring (bicyclic) bond motifs is 1. The predicted molar refractivity (Wildman–Crippen MR) is 79.8 cm³/mol. The number of para-hydroxylation sites is 1. The summed E-state index contributed by atoms with van der Waals surface area (Å²) in [4.78, 5) is 4.36. The average molecular weight is 303 g/mol. The monoisotopic (exact) mass is 303 g/mol. The highest BCUT2D eigenvalue weighted by molar-refractivity contribution is 5.79. The zero-order valence-corrected chi connectivity index (χ0v) is 12.0. The molecule has 3 rings (SSSR count). The Labute approximate surface area is 126 Å². The van der Waals surface area contributed by atoms with Crippen LogP contribution in [-0.4, -0.2) is 23.3 Å². The topological polar surface area (TPSA) is 53.1 Å². The summed E-state index contributed by atoms with van der Waals surface area (Å²) in [6.07, 6.45) is 0. The third kappa shape index (κ3) is 2.36. The van der Waals surface area contributed by atoms with Crippen molar-refractivity contribution in [3.63, 3.8) is 0 Å². The van der Waals surface area contributed by atoms with Gasteiger partial charge in [-0.05, 0) is 24.3 Å². The highest BCUT2D eigenvalue weighted by Crippen LogP contribution is 2.27. The molecular weight excluding hydrogens is 288 g/mol. The van der Waals surface area contributed by atoms with Gasteiger partial charge >= 0.3 is 0 Å². The largest absolute Gasteiger partial charge is 0.383 e. The van der Waals surface area contributed by atoms with Gasteiger partial charge in [-0.3, -0.25) is 4.57 Å². The second kappa shape index (κ2) is 5.82. The van der Waals surface area contributed by atoms with Crippen LogP contribution in [0.15, 0.2) is 42.5 Å². The van der Waals surface area contributed by atoms with E-state index in [-0.39, 0.29) is 12.1 Å². The third-order valence-corrected chi connectivity index (χ3v) is 3.43. The molecule has 0 aliphatic carbocycles. The fourth-order valence-electron chi connectivity index (χ4n) is 2.46. The summed E-state index contributed by atoms with van der Waals surface area (Å²) in [6.45, 7) is 0.222. The Morgan fingerprint density at radius 3 is 2.59 bits per heavy atom. The number of rotatable bonds is 4. The Morgan fingerprint density at radius 2 is 1.91 bits per heavy atom. The lowest BCUT2D eigenvalue weighted by atomic mass is 10.2. The van der Waals surface area contributed by atoms with Gasteiger partial charge < -0.3 is 10.5 Å². The van der Waals surface area contributed by atoms with Gasteiger partial charge in [0.1, 0.15) is 11.3 Å². The number of imidazole rings is 1. The second-order valence-electron chi connectivity index (χ2n) is 4.93. The Morgan fingerprint density at radius 1 is 1.18 bits per heavy atom. The van der Waals surface area contributed by atoms with Gasteiger partial charge in [-0.25, -0.2) is 13.8 Å². The molecule has 114 valence electrons. The molecule has 0 unspecified atom stereocenters. The molecule has 22 heavy (non-hydrogen) atoms. The molecule has 1 atom stereocenters. The minimum absolute atomic E-state index is 0.0766. The lowest BCUT2D eigenvalue weighted by Gasteiger charge is -2.14. The van der Waals surface area contributed by atoms with Crippen LogP contribution < -0.4 is 5.73 Å². The number of halogens is 2. The van der Waals surface area contributed by atoms with Crippen molar-refractivity contribution >= 4 is 11.0 Å². The Kier molecular flexibility index (Phi) is 3.87. The highest BCUT2D eigenvalue weighted by Gasteiger charge is 2.22. The lowest BCUT2D eigenvalue weighted by Crippen LogP contribution is -2.20. The molecular formula is C16H15F2N3O. The van der Waals surface area contributed by atoms with Gasteiger partial charge in [0.05, 0.1) is 18.2 Å². The van der Waals surface area contributed by atoms with Gasteiger partial charge in [0.2, 0.25) is 0 Å².